The van der Waals surface area contributed by atoms with Crippen LogP contribution in [0.5, 0.6) is 0 Å². The van der Waals surface area contributed by atoms with E-state index in [1.165, 1.54) is 78.0 Å². The van der Waals surface area contributed by atoms with Crippen LogP contribution in [0.3, 0.4) is 0 Å². The maximum Gasteiger partial charge on any atom is 0.0612 e. The largest absolute Gasteiger partial charge is 0.313 e. The summed E-state index contributed by atoms with van der Waals surface area (Å²) in [4.78, 5) is 0. The summed E-state index contributed by atoms with van der Waals surface area (Å²) in [5, 5.41) is 2.74. The molecule has 0 spiro atoms. The van der Waals surface area contributed by atoms with Crippen LogP contribution in [-0.4, -0.2) is 9.13 Å². The topological polar surface area (TPSA) is 9.86 Å². The third-order valence-electron chi connectivity index (χ3n) is 9.73. The Morgan fingerprint density at radius 1 is 0.591 bits per heavy atom. The summed E-state index contributed by atoms with van der Waals surface area (Å²) in [6.45, 7) is 0. The number of benzene rings is 4. The summed E-state index contributed by atoms with van der Waals surface area (Å²) >= 11 is 0. The number of rotatable bonds is 4. The molecule has 0 atom stereocenters. The Kier molecular flexibility index (Phi) is 5.94. The van der Waals surface area contributed by atoms with Gasteiger partial charge in [-0.25, -0.2) is 0 Å². The van der Waals surface area contributed by atoms with Crippen LogP contribution < -0.4 is 0 Å². The summed E-state index contributed by atoms with van der Waals surface area (Å²) < 4.78 is 5.06. The van der Waals surface area contributed by atoms with Gasteiger partial charge in [-0.05, 0) is 97.2 Å². The molecule has 0 amide bonds. The van der Waals surface area contributed by atoms with E-state index in [2.05, 4.69) is 143 Å². The third kappa shape index (κ3) is 3.94. The first-order valence-corrected chi connectivity index (χ1v) is 16.0. The molecule has 0 fully saturated rings. The SMILES string of the molecule is C1=CC(n2c3c(c4cccc(C5=Cc6c(n(-c7cccc(-c8ccccc8)c7)c7ccccc67)CC5)c42)CCC=C3)=CCC1. The number of fused-ring (bicyclic) bond motifs is 6. The average molecular weight is 567 g/mol. The third-order valence-corrected chi connectivity index (χ3v) is 9.73. The monoisotopic (exact) mass is 566 g/mol. The van der Waals surface area contributed by atoms with Crippen LogP contribution in [0.15, 0.2) is 121 Å². The molecule has 0 unspecified atom stereocenters. The van der Waals surface area contributed by atoms with Crippen LogP contribution in [-0.2, 0) is 12.8 Å². The van der Waals surface area contributed by atoms with Gasteiger partial charge in [0, 0.05) is 44.7 Å². The summed E-state index contributed by atoms with van der Waals surface area (Å²) in [6.07, 6.45) is 20.7. The average Bonchev–Trinajstić information content (AvgIpc) is 3.62. The molecule has 0 aliphatic heterocycles. The fraction of sp³-hybridized carbons (Fsp3) is 0.143. The predicted octanol–water partition coefficient (Wildman–Crippen LogP) is 10.9. The predicted molar refractivity (Wildman–Crippen MR) is 187 cm³/mol. The number of aryl methyl sites for hydroxylation is 1. The van der Waals surface area contributed by atoms with E-state index >= 15 is 0 Å². The molecule has 2 heterocycles. The molecule has 0 saturated heterocycles. The Labute approximate surface area is 258 Å². The van der Waals surface area contributed by atoms with Gasteiger partial charge < -0.3 is 9.13 Å². The van der Waals surface area contributed by atoms with Crippen molar-refractivity contribution in [2.24, 2.45) is 0 Å². The lowest BCUT2D eigenvalue weighted by molar-refractivity contribution is 0.898. The highest BCUT2D eigenvalue weighted by atomic mass is 15.0. The number of hydrogen-bond acceptors (Lipinski definition) is 0. The van der Waals surface area contributed by atoms with Crippen molar-refractivity contribution in [1.82, 2.24) is 9.13 Å². The van der Waals surface area contributed by atoms with Crippen LogP contribution in [0, 0.1) is 0 Å². The van der Waals surface area contributed by atoms with Crippen molar-refractivity contribution < 1.29 is 0 Å². The van der Waals surface area contributed by atoms with E-state index in [4.69, 9.17) is 0 Å². The van der Waals surface area contributed by atoms with E-state index < -0.39 is 0 Å². The summed E-state index contributed by atoms with van der Waals surface area (Å²) in [5.74, 6) is 0. The molecular formula is C42H34N2. The molecule has 0 saturated carbocycles. The number of aromatic nitrogens is 2. The van der Waals surface area contributed by atoms with E-state index in [9.17, 15) is 0 Å². The first-order valence-electron chi connectivity index (χ1n) is 16.0. The second-order valence-electron chi connectivity index (χ2n) is 12.2. The quantitative estimate of drug-likeness (QED) is 0.201. The van der Waals surface area contributed by atoms with Gasteiger partial charge in [-0.2, -0.15) is 0 Å². The zero-order valence-corrected chi connectivity index (χ0v) is 24.8. The first-order chi connectivity index (χ1) is 21.8. The molecule has 6 aromatic rings. The number of allylic oxidation sites excluding steroid dienone is 6. The summed E-state index contributed by atoms with van der Waals surface area (Å²) in [7, 11) is 0. The van der Waals surface area contributed by atoms with Crippen molar-refractivity contribution in [1.29, 1.82) is 0 Å². The van der Waals surface area contributed by atoms with Crippen molar-refractivity contribution in [2.45, 2.75) is 38.5 Å². The van der Waals surface area contributed by atoms with Gasteiger partial charge in [0.05, 0.1) is 11.0 Å². The molecule has 44 heavy (non-hydrogen) atoms. The number of nitrogens with zero attached hydrogens (tertiary/aromatic N) is 2. The highest BCUT2D eigenvalue weighted by molar-refractivity contribution is 6.05. The fourth-order valence-corrected chi connectivity index (χ4v) is 7.76. The van der Waals surface area contributed by atoms with E-state index in [1.54, 1.807) is 0 Å². The van der Waals surface area contributed by atoms with Crippen LogP contribution in [0.2, 0.25) is 0 Å². The molecule has 9 rings (SSSR count). The van der Waals surface area contributed by atoms with Crippen LogP contribution in [0.4, 0.5) is 0 Å². The van der Waals surface area contributed by atoms with Crippen LogP contribution in [0.25, 0.3) is 62.0 Å². The van der Waals surface area contributed by atoms with Crippen LogP contribution >= 0.6 is 0 Å². The van der Waals surface area contributed by atoms with Gasteiger partial charge in [0.1, 0.15) is 0 Å². The molecule has 4 aromatic carbocycles. The van der Waals surface area contributed by atoms with Crippen LogP contribution in [0.1, 0.15) is 53.8 Å². The van der Waals surface area contributed by atoms with Gasteiger partial charge in [0.15, 0.2) is 0 Å². The first kappa shape index (κ1) is 25.4. The van der Waals surface area contributed by atoms with Crippen molar-refractivity contribution in [2.75, 3.05) is 0 Å². The minimum Gasteiger partial charge on any atom is -0.313 e. The van der Waals surface area contributed by atoms with Gasteiger partial charge in [0.25, 0.3) is 0 Å². The lowest BCUT2D eigenvalue weighted by atomic mass is 9.89. The molecular weight excluding hydrogens is 532 g/mol. The molecule has 3 aliphatic carbocycles. The highest BCUT2D eigenvalue weighted by Crippen LogP contribution is 2.43. The number of hydrogen-bond donors (Lipinski definition) is 0. The zero-order chi connectivity index (χ0) is 29.0. The molecule has 2 heteroatoms. The Hall–Kier alpha value is -5.08. The Morgan fingerprint density at radius 2 is 1.41 bits per heavy atom. The van der Waals surface area contributed by atoms with Gasteiger partial charge in [-0.15, -0.1) is 0 Å². The van der Waals surface area contributed by atoms with E-state index in [-0.39, 0.29) is 0 Å². The minimum absolute atomic E-state index is 1.00. The van der Waals surface area contributed by atoms with Crippen molar-refractivity contribution in [3.8, 4) is 16.8 Å². The Morgan fingerprint density at radius 3 is 2.32 bits per heavy atom. The Balaban J connectivity index is 1.25. The zero-order valence-electron chi connectivity index (χ0n) is 24.8. The molecule has 0 N–H and O–H groups in total. The van der Waals surface area contributed by atoms with Gasteiger partial charge in [-0.3, -0.25) is 0 Å². The maximum atomic E-state index is 2.56. The standard InChI is InChI=1S/C42H34N2/c1-3-13-29(14-4-1)30-15-11-18-33(27-30)43-39-23-9-8-20-36(39)38-28-31(25-26-41(38)43)34-21-12-22-37-35-19-7-10-24-40(35)44(42(34)37)32-16-5-2-6-17-32/h1,3-5,8-18,20-24,27-28H,2,6-7,19,25-26H2. The molecule has 0 radical (unpaired) electrons. The molecule has 3 aliphatic rings. The minimum atomic E-state index is 1.00. The molecule has 212 valence electrons. The summed E-state index contributed by atoms with van der Waals surface area (Å²) in [6, 6.07) is 35.7. The van der Waals surface area contributed by atoms with Gasteiger partial charge >= 0.3 is 0 Å². The van der Waals surface area contributed by atoms with E-state index in [0.29, 0.717) is 0 Å². The van der Waals surface area contributed by atoms with Crippen molar-refractivity contribution >= 4 is 45.2 Å². The molecule has 0 bridgehead atoms. The van der Waals surface area contributed by atoms with E-state index in [1.807, 2.05) is 0 Å². The molecule has 2 aromatic heterocycles. The van der Waals surface area contributed by atoms with Gasteiger partial charge in [0.2, 0.25) is 0 Å². The smallest absolute Gasteiger partial charge is 0.0612 e. The highest BCUT2D eigenvalue weighted by Gasteiger charge is 2.26. The number of para-hydroxylation sites is 2. The normalized spacial score (nSPS) is 15.7. The Bertz CT molecular complexity index is 2210. The van der Waals surface area contributed by atoms with Crippen molar-refractivity contribution in [3.63, 3.8) is 0 Å². The second-order valence-corrected chi connectivity index (χ2v) is 12.2. The lowest BCUT2D eigenvalue weighted by Crippen LogP contribution is -2.07. The van der Waals surface area contributed by atoms with E-state index in [0.717, 1.165) is 38.5 Å². The summed E-state index contributed by atoms with van der Waals surface area (Å²) in [5.41, 5.74) is 16.1. The van der Waals surface area contributed by atoms with Crippen molar-refractivity contribution in [3.05, 3.63) is 149 Å². The maximum absolute atomic E-state index is 2.56. The fourth-order valence-electron chi connectivity index (χ4n) is 7.76. The lowest BCUT2D eigenvalue weighted by Gasteiger charge is -2.20. The molecule has 2 nitrogen and oxygen atoms in total. The second kappa shape index (κ2) is 10.3. The van der Waals surface area contributed by atoms with Gasteiger partial charge in [-0.1, -0.05) is 97.1 Å².